The first-order valence-corrected chi connectivity index (χ1v) is 7.20. The van der Waals surface area contributed by atoms with E-state index in [1.54, 1.807) is 0 Å². The number of hydrogen-bond donors (Lipinski definition) is 3. The fourth-order valence-corrected chi connectivity index (χ4v) is 1.94. The molecule has 3 N–H and O–H groups in total. The van der Waals surface area contributed by atoms with Crippen molar-refractivity contribution in [2.24, 2.45) is 0 Å². The van der Waals surface area contributed by atoms with Crippen molar-refractivity contribution in [2.45, 2.75) is 32.1 Å². The predicted octanol–water partition coefficient (Wildman–Crippen LogP) is 0.736. The third-order valence-electron chi connectivity index (χ3n) is 3.01. The van der Waals surface area contributed by atoms with E-state index in [1.807, 2.05) is 0 Å². The molecule has 0 amide bonds. The molecule has 0 unspecified atom stereocenters. The van der Waals surface area contributed by atoms with Crippen LogP contribution >= 0.6 is 0 Å². The molecule has 0 aliphatic carbocycles. The normalized spacial score (nSPS) is 24.0. The Morgan fingerprint density at radius 1 is 0.471 bits per heavy atom. The Balaban J connectivity index is 0.000000128. The standard InChI is InChI=1S/C5H11N.C4H9NO.C4H9N/c1-2-4-6-5-3-1;1-3-6-4-2-5-1;1-2-4-5-3-1/h6H,1-5H2;5H,1-4H2;5H,1-4H2. The van der Waals surface area contributed by atoms with E-state index in [9.17, 15) is 0 Å². The maximum atomic E-state index is 5.01. The lowest BCUT2D eigenvalue weighted by molar-refractivity contribution is 0.109. The molecule has 3 aliphatic heterocycles. The lowest BCUT2D eigenvalue weighted by Crippen LogP contribution is -2.30. The van der Waals surface area contributed by atoms with Crippen LogP contribution < -0.4 is 16.0 Å². The first kappa shape index (κ1) is 14.9. The highest BCUT2D eigenvalue weighted by atomic mass is 16.5. The summed E-state index contributed by atoms with van der Waals surface area (Å²) in [5, 5.41) is 9.67. The maximum absolute atomic E-state index is 5.01. The Kier molecular flexibility index (Phi) is 10.8. The first-order valence-electron chi connectivity index (χ1n) is 7.20. The van der Waals surface area contributed by atoms with Crippen molar-refractivity contribution in [3.63, 3.8) is 0 Å². The van der Waals surface area contributed by atoms with E-state index in [4.69, 9.17) is 4.74 Å². The third kappa shape index (κ3) is 10.7. The minimum Gasteiger partial charge on any atom is -0.379 e. The van der Waals surface area contributed by atoms with Gasteiger partial charge in [-0.2, -0.15) is 0 Å². The van der Waals surface area contributed by atoms with Crippen LogP contribution in [0, 0.1) is 0 Å². The number of rotatable bonds is 0. The summed E-state index contributed by atoms with van der Waals surface area (Å²) in [5.74, 6) is 0. The molecule has 17 heavy (non-hydrogen) atoms. The van der Waals surface area contributed by atoms with Crippen LogP contribution in [-0.2, 0) is 4.74 Å². The van der Waals surface area contributed by atoms with Crippen LogP contribution in [-0.4, -0.2) is 52.5 Å². The van der Waals surface area contributed by atoms with Gasteiger partial charge in [0.1, 0.15) is 0 Å². The van der Waals surface area contributed by atoms with Crippen molar-refractivity contribution in [3.05, 3.63) is 0 Å². The number of morpholine rings is 1. The van der Waals surface area contributed by atoms with Crippen molar-refractivity contribution in [1.82, 2.24) is 16.0 Å². The molecular formula is C13H29N3O. The van der Waals surface area contributed by atoms with E-state index < -0.39 is 0 Å². The fourth-order valence-electron chi connectivity index (χ4n) is 1.94. The van der Waals surface area contributed by atoms with Gasteiger partial charge in [-0.15, -0.1) is 0 Å². The highest BCUT2D eigenvalue weighted by molar-refractivity contribution is 4.56. The zero-order valence-corrected chi connectivity index (χ0v) is 11.1. The Labute approximate surface area is 106 Å². The van der Waals surface area contributed by atoms with Crippen LogP contribution in [0.4, 0.5) is 0 Å². The van der Waals surface area contributed by atoms with Crippen LogP contribution in [0.3, 0.4) is 0 Å². The van der Waals surface area contributed by atoms with Crippen molar-refractivity contribution in [3.8, 4) is 0 Å². The van der Waals surface area contributed by atoms with Crippen LogP contribution in [0.1, 0.15) is 32.1 Å². The maximum Gasteiger partial charge on any atom is 0.0591 e. The largest absolute Gasteiger partial charge is 0.379 e. The lowest BCUT2D eigenvalue weighted by atomic mass is 10.2. The van der Waals surface area contributed by atoms with E-state index in [0.29, 0.717) is 0 Å². The molecular weight excluding hydrogens is 214 g/mol. The summed E-state index contributed by atoms with van der Waals surface area (Å²) >= 11 is 0. The van der Waals surface area contributed by atoms with Crippen LogP contribution in [0.25, 0.3) is 0 Å². The summed E-state index contributed by atoms with van der Waals surface area (Å²) in [6, 6.07) is 0. The number of ether oxygens (including phenoxy) is 1. The molecule has 0 radical (unpaired) electrons. The molecule has 4 heteroatoms. The average Bonchev–Trinajstić information content (AvgIpc) is 3.03. The predicted molar refractivity (Wildman–Crippen MR) is 72.5 cm³/mol. The highest BCUT2D eigenvalue weighted by Crippen LogP contribution is 1.96. The number of hydrogen-bond acceptors (Lipinski definition) is 4. The molecule has 3 fully saturated rings. The molecule has 0 aromatic carbocycles. The second-order valence-electron chi connectivity index (χ2n) is 4.63. The van der Waals surface area contributed by atoms with Gasteiger partial charge in [-0.1, -0.05) is 6.42 Å². The second kappa shape index (κ2) is 12.3. The summed E-state index contributed by atoms with van der Waals surface area (Å²) in [6.45, 7) is 8.83. The van der Waals surface area contributed by atoms with Crippen LogP contribution in [0.15, 0.2) is 0 Å². The molecule has 0 bridgehead atoms. The number of nitrogens with one attached hydrogen (secondary N) is 3. The molecule has 3 saturated heterocycles. The van der Waals surface area contributed by atoms with Crippen molar-refractivity contribution >= 4 is 0 Å². The van der Waals surface area contributed by atoms with Crippen molar-refractivity contribution in [2.75, 3.05) is 52.5 Å². The Hall–Kier alpha value is -0.160. The quantitative estimate of drug-likeness (QED) is 0.587. The van der Waals surface area contributed by atoms with Crippen LogP contribution in [0.2, 0.25) is 0 Å². The minimum absolute atomic E-state index is 0.889. The second-order valence-corrected chi connectivity index (χ2v) is 4.63. The van der Waals surface area contributed by atoms with Gasteiger partial charge < -0.3 is 20.7 Å². The van der Waals surface area contributed by atoms with Gasteiger partial charge in [0.15, 0.2) is 0 Å². The molecule has 0 aromatic heterocycles. The summed E-state index contributed by atoms with van der Waals surface area (Å²) in [7, 11) is 0. The molecule has 4 nitrogen and oxygen atoms in total. The minimum atomic E-state index is 0.889. The zero-order chi connectivity index (χ0) is 12.0. The van der Waals surface area contributed by atoms with Gasteiger partial charge in [0, 0.05) is 13.1 Å². The SMILES string of the molecule is C1CCNC1.C1CCNCC1.C1COCCN1. The molecule has 0 aromatic rings. The Morgan fingerprint density at radius 2 is 0.882 bits per heavy atom. The van der Waals surface area contributed by atoms with Gasteiger partial charge in [-0.3, -0.25) is 0 Å². The van der Waals surface area contributed by atoms with E-state index in [0.717, 1.165) is 26.3 Å². The summed E-state index contributed by atoms with van der Waals surface area (Å²) in [4.78, 5) is 0. The summed E-state index contributed by atoms with van der Waals surface area (Å²) in [5.41, 5.74) is 0. The van der Waals surface area contributed by atoms with E-state index in [-0.39, 0.29) is 0 Å². The topological polar surface area (TPSA) is 45.3 Å². The smallest absolute Gasteiger partial charge is 0.0591 e. The van der Waals surface area contributed by atoms with E-state index in [1.165, 1.54) is 58.3 Å². The average molecular weight is 243 g/mol. The first-order chi connectivity index (χ1) is 8.50. The Bertz CT molecular complexity index is 101. The fraction of sp³-hybridized carbons (Fsp3) is 1.00. The molecule has 3 heterocycles. The Morgan fingerprint density at radius 3 is 1.06 bits per heavy atom. The van der Waals surface area contributed by atoms with Gasteiger partial charge in [0.25, 0.3) is 0 Å². The van der Waals surface area contributed by atoms with Crippen molar-refractivity contribution < 1.29 is 4.74 Å². The molecule has 3 rings (SSSR count). The van der Waals surface area contributed by atoms with Gasteiger partial charge >= 0.3 is 0 Å². The van der Waals surface area contributed by atoms with Crippen LogP contribution in [0.5, 0.6) is 0 Å². The molecule has 0 spiro atoms. The summed E-state index contributed by atoms with van der Waals surface area (Å²) in [6.07, 6.45) is 6.99. The number of piperidine rings is 1. The molecule has 0 saturated carbocycles. The highest BCUT2D eigenvalue weighted by Gasteiger charge is 1.94. The van der Waals surface area contributed by atoms with Gasteiger partial charge in [0.2, 0.25) is 0 Å². The monoisotopic (exact) mass is 243 g/mol. The third-order valence-corrected chi connectivity index (χ3v) is 3.01. The summed E-state index contributed by atoms with van der Waals surface area (Å²) < 4.78 is 5.01. The molecule has 0 atom stereocenters. The molecule has 3 aliphatic rings. The molecule has 102 valence electrons. The van der Waals surface area contributed by atoms with E-state index in [2.05, 4.69) is 16.0 Å². The van der Waals surface area contributed by atoms with Gasteiger partial charge in [-0.25, -0.2) is 0 Å². The van der Waals surface area contributed by atoms with Crippen molar-refractivity contribution in [1.29, 1.82) is 0 Å². The van der Waals surface area contributed by atoms with E-state index >= 15 is 0 Å². The lowest BCUT2D eigenvalue weighted by Gasteiger charge is -2.10. The zero-order valence-electron chi connectivity index (χ0n) is 11.1. The van der Waals surface area contributed by atoms with Gasteiger partial charge in [0.05, 0.1) is 13.2 Å². The van der Waals surface area contributed by atoms with Gasteiger partial charge in [-0.05, 0) is 51.9 Å².